The number of hydrogen-bond donors (Lipinski definition) is 2. The highest BCUT2D eigenvalue weighted by molar-refractivity contribution is 5.84. The van der Waals surface area contributed by atoms with Crippen LogP contribution in [0.2, 0.25) is 0 Å². The molecule has 6 nitrogen and oxygen atoms in total. The molecule has 0 atom stereocenters. The Balaban J connectivity index is 5.70. The van der Waals surface area contributed by atoms with Crippen molar-refractivity contribution in [2.45, 2.75) is 35.5 Å². The Morgan fingerprint density at radius 2 is 0.929 bits per heavy atom. The van der Waals surface area contributed by atoms with Gasteiger partial charge in [0.2, 0.25) is 0 Å². The van der Waals surface area contributed by atoms with Crippen LogP contribution in [0.1, 0.15) is 0 Å². The molecule has 0 aromatic carbocycles. The summed E-state index contributed by atoms with van der Waals surface area (Å²) < 4.78 is 157. The number of carboxylic acid groups (broad SMARTS) is 2. The molecule has 0 aliphatic carbocycles. The Hall–Kier alpha value is -2.43. The second-order valence-corrected chi connectivity index (χ2v) is 4.76. The number of carbonyl (C=O) groups excluding carboxylic acids is 1. The molecule has 164 valence electrons. The van der Waals surface area contributed by atoms with Crippen molar-refractivity contribution >= 4 is 17.9 Å². The topological polar surface area (TPSA) is 101 Å². The van der Waals surface area contributed by atoms with Crippen LogP contribution in [0.4, 0.5) is 52.7 Å². The number of aliphatic carboxylic acids is 2. The molecule has 0 aromatic heterocycles. The molecule has 0 radical (unpaired) electrons. The van der Waals surface area contributed by atoms with Crippen LogP contribution in [-0.4, -0.2) is 70.3 Å². The quantitative estimate of drug-likeness (QED) is 0.416. The van der Waals surface area contributed by atoms with Crippen LogP contribution in [0, 0.1) is 0 Å². The van der Waals surface area contributed by atoms with Gasteiger partial charge in [-0.1, -0.05) is 0 Å². The summed E-state index contributed by atoms with van der Waals surface area (Å²) in [6.07, 6.45) is 0. The summed E-state index contributed by atoms with van der Waals surface area (Å²) in [6.45, 7) is -3.59. The van der Waals surface area contributed by atoms with Gasteiger partial charge in [-0.15, -0.1) is 0 Å². The van der Waals surface area contributed by atoms with Crippen LogP contribution >= 0.6 is 0 Å². The molecule has 0 aliphatic heterocycles. The van der Waals surface area contributed by atoms with Gasteiger partial charge in [0.15, 0.2) is 6.61 Å². The number of hydrogen-bond acceptors (Lipinski definition) is 4. The summed E-state index contributed by atoms with van der Waals surface area (Å²) in [4.78, 5) is 30.5. The lowest BCUT2D eigenvalue weighted by Gasteiger charge is -2.31. The minimum absolute atomic E-state index is 2.54. The van der Waals surface area contributed by atoms with Gasteiger partial charge in [-0.2, -0.15) is 52.7 Å². The average Bonchev–Trinajstić information content (AvgIpc) is 2.51. The summed E-state index contributed by atoms with van der Waals surface area (Å²) in [7, 11) is 0. The van der Waals surface area contributed by atoms with Gasteiger partial charge in [-0.05, 0) is 0 Å². The van der Waals surface area contributed by atoms with Crippen LogP contribution in [0.3, 0.4) is 0 Å². The summed E-state index contributed by atoms with van der Waals surface area (Å²) in [6, 6.07) is 0. The first-order chi connectivity index (χ1) is 12.0. The third-order valence-corrected chi connectivity index (χ3v) is 2.82. The van der Waals surface area contributed by atoms with Crippen LogP contribution < -0.4 is 0 Å². The lowest BCUT2D eigenvalue weighted by molar-refractivity contribution is -0.319. The zero-order valence-corrected chi connectivity index (χ0v) is 12.3. The summed E-state index contributed by atoms with van der Waals surface area (Å²) in [5.74, 6) is -52.6. The highest BCUT2D eigenvalue weighted by Crippen LogP contribution is 2.48. The number of carboxylic acids is 2. The maximum Gasteiger partial charge on any atom is 0.411 e. The van der Waals surface area contributed by atoms with E-state index in [0.29, 0.717) is 0 Å². The maximum absolute atomic E-state index is 13.0. The fourth-order valence-corrected chi connectivity index (χ4v) is 1.16. The molecule has 0 spiro atoms. The molecule has 0 saturated heterocycles. The Kier molecular flexibility index (Phi) is 6.27. The van der Waals surface area contributed by atoms with E-state index in [1.54, 1.807) is 0 Å². The highest BCUT2D eigenvalue weighted by atomic mass is 19.4. The van der Waals surface area contributed by atoms with Crippen molar-refractivity contribution in [3.8, 4) is 0 Å². The third-order valence-electron chi connectivity index (χ3n) is 2.82. The van der Waals surface area contributed by atoms with E-state index >= 15 is 0 Å². The van der Waals surface area contributed by atoms with Crippen LogP contribution in [0.15, 0.2) is 0 Å². The molecular formula is C10H4F12O6. The second kappa shape index (κ2) is 6.87. The lowest BCUT2D eigenvalue weighted by atomic mass is 10.0. The number of alkyl halides is 12. The van der Waals surface area contributed by atoms with E-state index in [2.05, 4.69) is 4.74 Å². The molecule has 0 saturated carbocycles. The summed E-state index contributed by atoms with van der Waals surface area (Å²) >= 11 is 0. The van der Waals surface area contributed by atoms with Gasteiger partial charge in [0.1, 0.15) is 0 Å². The Morgan fingerprint density at radius 3 is 1.25 bits per heavy atom. The molecule has 28 heavy (non-hydrogen) atoms. The fraction of sp³-hybridized carbons (Fsp3) is 0.700. The minimum atomic E-state index is -7.15. The van der Waals surface area contributed by atoms with E-state index in [1.807, 2.05) is 0 Å². The van der Waals surface area contributed by atoms with Gasteiger partial charge >= 0.3 is 53.4 Å². The predicted molar refractivity (Wildman–Crippen MR) is 55.9 cm³/mol. The monoisotopic (exact) mass is 448 g/mol. The number of carbonyl (C=O) groups is 3. The van der Waals surface area contributed by atoms with Crippen LogP contribution in [-0.2, 0) is 19.1 Å². The van der Waals surface area contributed by atoms with E-state index in [-0.39, 0.29) is 0 Å². The molecule has 0 fully saturated rings. The Labute approximate surface area is 143 Å². The molecule has 0 heterocycles. The highest BCUT2D eigenvalue weighted by Gasteiger charge is 2.80. The smallest absolute Gasteiger partial charge is 0.411 e. The van der Waals surface area contributed by atoms with Gasteiger partial charge in [0.25, 0.3) is 0 Å². The van der Waals surface area contributed by atoms with E-state index in [4.69, 9.17) is 10.2 Å². The summed E-state index contributed by atoms with van der Waals surface area (Å²) in [5.41, 5.74) is 0. The van der Waals surface area contributed by atoms with Gasteiger partial charge in [-0.3, -0.25) is 0 Å². The first-order valence-corrected chi connectivity index (χ1v) is 5.92. The Morgan fingerprint density at radius 1 is 0.607 bits per heavy atom. The number of rotatable bonds is 9. The number of halogens is 12. The van der Waals surface area contributed by atoms with E-state index in [0.717, 1.165) is 0 Å². The van der Waals surface area contributed by atoms with E-state index in [9.17, 15) is 67.1 Å². The molecule has 0 aliphatic rings. The van der Waals surface area contributed by atoms with E-state index in [1.165, 1.54) is 0 Å². The molecule has 0 aromatic rings. The summed E-state index contributed by atoms with van der Waals surface area (Å²) in [5, 5.41) is 15.5. The van der Waals surface area contributed by atoms with Crippen molar-refractivity contribution in [2.24, 2.45) is 0 Å². The second-order valence-electron chi connectivity index (χ2n) is 4.76. The largest absolute Gasteiger partial charge is 0.477 e. The molecule has 0 rings (SSSR count). The minimum Gasteiger partial charge on any atom is -0.477 e. The average molecular weight is 448 g/mol. The normalized spacial score (nSPS) is 14.6. The molecule has 18 heteroatoms. The van der Waals surface area contributed by atoms with Crippen molar-refractivity contribution in [3.05, 3.63) is 0 Å². The molecular weight excluding hydrogens is 444 g/mol. The van der Waals surface area contributed by atoms with Crippen LogP contribution in [0.5, 0.6) is 0 Å². The van der Waals surface area contributed by atoms with Crippen molar-refractivity contribution in [3.63, 3.8) is 0 Å². The van der Waals surface area contributed by atoms with Crippen LogP contribution in [0.25, 0.3) is 0 Å². The number of esters is 1. The van der Waals surface area contributed by atoms with Gasteiger partial charge in [0.05, 0.1) is 0 Å². The molecule has 0 amide bonds. The zero-order chi connectivity index (χ0) is 23.1. The first-order valence-electron chi connectivity index (χ1n) is 5.92. The van der Waals surface area contributed by atoms with Gasteiger partial charge < -0.3 is 14.9 Å². The Bertz CT molecular complexity index is 657. The first kappa shape index (κ1) is 25.6. The lowest BCUT2D eigenvalue weighted by Crippen LogP contribution is -2.62. The van der Waals surface area contributed by atoms with Gasteiger partial charge in [-0.25, -0.2) is 14.4 Å². The van der Waals surface area contributed by atoms with Crippen molar-refractivity contribution < 1.29 is 82.0 Å². The predicted octanol–water partition coefficient (Wildman–Crippen LogP) is 2.51. The third kappa shape index (κ3) is 3.62. The van der Waals surface area contributed by atoms with Crippen molar-refractivity contribution in [1.29, 1.82) is 0 Å². The van der Waals surface area contributed by atoms with Crippen molar-refractivity contribution in [1.82, 2.24) is 0 Å². The molecule has 0 bridgehead atoms. The zero-order valence-electron chi connectivity index (χ0n) is 12.3. The molecule has 0 unspecified atom stereocenters. The van der Waals surface area contributed by atoms with E-state index < -0.39 is 60.0 Å². The SMILES string of the molecule is O=C(O)C(F)(F)C(F)(F)C(F)(F)COC(=O)C(F)(F)C(F)(F)C(F)(F)C(=O)O. The number of ether oxygens (including phenoxy) is 1. The molecule has 2 N–H and O–H groups in total. The van der Waals surface area contributed by atoms with Gasteiger partial charge in [0, 0.05) is 0 Å². The maximum atomic E-state index is 13.0. The van der Waals surface area contributed by atoms with Crippen molar-refractivity contribution in [2.75, 3.05) is 6.61 Å². The fourth-order valence-electron chi connectivity index (χ4n) is 1.16. The standard InChI is InChI=1S/C10H4F12O6/c11-5(12,9(19,20)6(13,14)2(23)24)1-28-4(27)8(17,18)10(21,22)7(15,16)3(25)26/h1H2,(H,23,24)(H,25,26).